The van der Waals surface area contributed by atoms with Gasteiger partial charge in [0.15, 0.2) is 5.69 Å². The molecule has 1 aromatic heterocycles. The van der Waals surface area contributed by atoms with Crippen LogP contribution in [0, 0.1) is 5.82 Å². The molecule has 0 radical (unpaired) electrons. The van der Waals surface area contributed by atoms with E-state index >= 15 is 0 Å². The number of rotatable bonds is 3. The number of hydrogen-bond donors (Lipinski definition) is 2. The van der Waals surface area contributed by atoms with Crippen molar-refractivity contribution in [3.63, 3.8) is 0 Å². The number of amides is 1. The molecule has 0 spiro atoms. The van der Waals surface area contributed by atoms with E-state index < -0.39 is 11.7 Å². The van der Waals surface area contributed by atoms with Gasteiger partial charge in [-0.05, 0) is 42.5 Å². The van der Waals surface area contributed by atoms with E-state index in [1.54, 1.807) is 30.3 Å². The minimum absolute atomic E-state index is 0.107. The number of oxazole rings is 1. The number of aromatic nitrogens is 1. The Balaban J connectivity index is 1.78. The summed E-state index contributed by atoms with van der Waals surface area (Å²) in [7, 11) is 0. The SMILES string of the molecule is Nc1ccc(-c2nc(C(=O)Nc3cccc(F)c3)co2)cc1. The third-order valence-electron chi connectivity index (χ3n) is 2.98. The first kappa shape index (κ1) is 13.8. The van der Waals surface area contributed by atoms with Crippen molar-refractivity contribution < 1.29 is 13.6 Å². The normalized spacial score (nSPS) is 10.4. The van der Waals surface area contributed by atoms with Gasteiger partial charge in [0.05, 0.1) is 0 Å². The minimum atomic E-state index is -0.476. The van der Waals surface area contributed by atoms with Crippen molar-refractivity contribution in [2.24, 2.45) is 0 Å². The van der Waals surface area contributed by atoms with Gasteiger partial charge in [-0.3, -0.25) is 4.79 Å². The average molecular weight is 297 g/mol. The van der Waals surface area contributed by atoms with Crippen molar-refractivity contribution in [1.82, 2.24) is 4.98 Å². The summed E-state index contributed by atoms with van der Waals surface area (Å²) in [6, 6.07) is 12.5. The number of hydrogen-bond acceptors (Lipinski definition) is 4. The molecule has 0 atom stereocenters. The van der Waals surface area contributed by atoms with Crippen LogP contribution in [-0.4, -0.2) is 10.9 Å². The molecule has 22 heavy (non-hydrogen) atoms. The zero-order valence-corrected chi connectivity index (χ0v) is 11.4. The predicted molar refractivity (Wildman–Crippen MR) is 80.7 cm³/mol. The fourth-order valence-electron chi connectivity index (χ4n) is 1.90. The van der Waals surface area contributed by atoms with Gasteiger partial charge in [0, 0.05) is 16.9 Å². The Morgan fingerprint density at radius 3 is 2.68 bits per heavy atom. The predicted octanol–water partition coefficient (Wildman–Crippen LogP) is 3.32. The number of nitrogen functional groups attached to an aromatic ring is 1. The van der Waals surface area contributed by atoms with Crippen molar-refractivity contribution in [2.45, 2.75) is 0 Å². The Labute approximate surface area is 125 Å². The molecule has 1 heterocycles. The van der Waals surface area contributed by atoms with E-state index in [1.165, 1.54) is 24.5 Å². The van der Waals surface area contributed by atoms with Gasteiger partial charge in [-0.15, -0.1) is 0 Å². The van der Waals surface area contributed by atoms with Gasteiger partial charge in [0.2, 0.25) is 5.89 Å². The van der Waals surface area contributed by atoms with Gasteiger partial charge in [-0.25, -0.2) is 9.37 Å². The number of nitrogens with zero attached hydrogens (tertiary/aromatic N) is 1. The maximum Gasteiger partial charge on any atom is 0.277 e. The third-order valence-corrected chi connectivity index (χ3v) is 2.98. The lowest BCUT2D eigenvalue weighted by molar-refractivity contribution is 0.102. The van der Waals surface area contributed by atoms with Crippen LogP contribution in [0.3, 0.4) is 0 Å². The van der Waals surface area contributed by atoms with Crippen LogP contribution in [0.1, 0.15) is 10.5 Å². The zero-order chi connectivity index (χ0) is 15.5. The molecule has 0 saturated carbocycles. The van der Waals surface area contributed by atoms with E-state index in [4.69, 9.17) is 10.2 Å². The number of nitrogens with two attached hydrogens (primary N) is 1. The standard InChI is InChI=1S/C16H12FN3O2/c17-11-2-1-3-13(8-11)19-15(21)14-9-22-16(20-14)10-4-6-12(18)7-5-10/h1-9H,18H2,(H,19,21). The van der Waals surface area contributed by atoms with Crippen molar-refractivity contribution in [1.29, 1.82) is 0 Å². The number of carbonyl (C=O) groups excluding carboxylic acids is 1. The van der Waals surface area contributed by atoms with Gasteiger partial charge in [0.25, 0.3) is 5.91 Å². The van der Waals surface area contributed by atoms with Gasteiger partial charge in [0.1, 0.15) is 12.1 Å². The second-order valence-corrected chi connectivity index (χ2v) is 4.62. The number of carbonyl (C=O) groups is 1. The molecule has 0 bridgehead atoms. The van der Waals surface area contributed by atoms with Crippen LogP contribution in [0.25, 0.3) is 11.5 Å². The van der Waals surface area contributed by atoms with Crippen molar-refractivity contribution in [2.75, 3.05) is 11.1 Å². The summed E-state index contributed by atoms with van der Waals surface area (Å²) in [6.45, 7) is 0. The summed E-state index contributed by atoms with van der Waals surface area (Å²) in [5, 5.41) is 2.55. The quantitative estimate of drug-likeness (QED) is 0.727. The second kappa shape index (κ2) is 5.69. The molecule has 0 saturated heterocycles. The average Bonchev–Trinajstić information content (AvgIpc) is 2.98. The number of anilines is 2. The highest BCUT2D eigenvalue weighted by Crippen LogP contribution is 2.20. The van der Waals surface area contributed by atoms with E-state index in [0.29, 0.717) is 22.8 Å². The molecule has 0 fully saturated rings. The first-order valence-corrected chi connectivity index (χ1v) is 6.50. The largest absolute Gasteiger partial charge is 0.444 e. The number of nitrogens with one attached hydrogen (secondary N) is 1. The van der Waals surface area contributed by atoms with Crippen LogP contribution < -0.4 is 11.1 Å². The fourth-order valence-corrected chi connectivity index (χ4v) is 1.90. The third kappa shape index (κ3) is 2.95. The van der Waals surface area contributed by atoms with Gasteiger partial charge in [-0.2, -0.15) is 0 Å². The Kier molecular flexibility index (Phi) is 3.57. The van der Waals surface area contributed by atoms with Gasteiger partial charge < -0.3 is 15.5 Å². The smallest absolute Gasteiger partial charge is 0.277 e. The lowest BCUT2D eigenvalue weighted by atomic mass is 10.2. The first-order valence-electron chi connectivity index (χ1n) is 6.50. The molecule has 3 rings (SSSR count). The van der Waals surface area contributed by atoms with Gasteiger partial charge >= 0.3 is 0 Å². The zero-order valence-electron chi connectivity index (χ0n) is 11.4. The maximum atomic E-state index is 13.1. The molecule has 6 heteroatoms. The summed E-state index contributed by atoms with van der Waals surface area (Å²) in [6.07, 6.45) is 1.25. The summed E-state index contributed by atoms with van der Waals surface area (Å²) < 4.78 is 18.4. The maximum absolute atomic E-state index is 13.1. The molecule has 2 aromatic carbocycles. The van der Waals surface area contributed by atoms with Crippen LogP contribution in [0.15, 0.2) is 59.2 Å². The highest BCUT2D eigenvalue weighted by Gasteiger charge is 2.13. The second-order valence-electron chi connectivity index (χ2n) is 4.62. The Hall–Kier alpha value is -3.15. The van der Waals surface area contributed by atoms with Gasteiger partial charge in [-0.1, -0.05) is 6.07 Å². The van der Waals surface area contributed by atoms with Crippen LogP contribution in [0.2, 0.25) is 0 Å². The highest BCUT2D eigenvalue weighted by atomic mass is 19.1. The summed E-state index contributed by atoms with van der Waals surface area (Å²) in [4.78, 5) is 16.2. The first-order chi connectivity index (χ1) is 10.6. The molecule has 0 aliphatic carbocycles. The molecule has 0 aliphatic heterocycles. The van der Waals surface area contributed by atoms with Crippen LogP contribution in [0.5, 0.6) is 0 Å². The number of benzene rings is 2. The Bertz CT molecular complexity index is 812. The lowest BCUT2D eigenvalue weighted by Gasteiger charge is -2.02. The molecule has 0 unspecified atom stereocenters. The summed E-state index contributed by atoms with van der Waals surface area (Å²) in [5.74, 6) is -0.596. The molecule has 1 amide bonds. The molecular formula is C16H12FN3O2. The van der Waals surface area contributed by atoms with Crippen LogP contribution >= 0.6 is 0 Å². The molecule has 5 nitrogen and oxygen atoms in total. The Morgan fingerprint density at radius 1 is 1.18 bits per heavy atom. The van der Waals surface area contributed by atoms with Crippen molar-refractivity contribution in [3.8, 4) is 11.5 Å². The minimum Gasteiger partial charge on any atom is -0.444 e. The van der Waals surface area contributed by atoms with Crippen molar-refractivity contribution >= 4 is 17.3 Å². The Morgan fingerprint density at radius 2 is 1.95 bits per heavy atom. The lowest BCUT2D eigenvalue weighted by Crippen LogP contribution is -2.12. The molecule has 110 valence electrons. The molecular weight excluding hydrogens is 285 g/mol. The topological polar surface area (TPSA) is 81.1 Å². The van der Waals surface area contributed by atoms with E-state index in [1.807, 2.05) is 0 Å². The fraction of sp³-hybridized carbons (Fsp3) is 0. The van der Waals surface area contributed by atoms with Crippen LogP contribution in [0.4, 0.5) is 15.8 Å². The summed E-state index contributed by atoms with van der Waals surface area (Å²) >= 11 is 0. The molecule has 3 N–H and O–H groups in total. The van der Waals surface area contributed by atoms with Crippen LogP contribution in [-0.2, 0) is 0 Å². The summed E-state index contributed by atoms with van der Waals surface area (Å²) in [5.41, 5.74) is 7.40. The highest BCUT2D eigenvalue weighted by molar-refractivity contribution is 6.02. The number of halogens is 1. The monoisotopic (exact) mass is 297 g/mol. The molecule has 0 aliphatic rings. The van der Waals surface area contributed by atoms with E-state index in [0.717, 1.165) is 0 Å². The van der Waals surface area contributed by atoms with Crippen molar-refractivity contribution in [3.05, 3.63) is 66.3 Å². The van der Waals surface area contributed by atoms with E-state index in [-0.39, 0.29) is 5.69 Å². The van der Waals surface area contributed by atoms with E-state index in [9.17, 15) is 9.18 Å². The van der Waals surface area contributed by atoms with E-state index in [2.05, 4.69) is 10.3 Å². The molecule has 3 aromatic rings.